The third-order valence-electron chi connectivity index (χ3n) is 2.44. The molecule has 0 unspecified atom stereocenters. The molecule has 0 saturated heterocycles. The Kier molecular flexibility index (Phi) is 3.07. The summed E-state index contributed by atoms with van der Waals surface area (Å²) in [5.74, 6) is 0. The Morgan fingerprint density at radius 1 is 1.20 bits per heavy atom. The van der Waals surface area contributed by atoms with E-state index in [9.17, 15) is 0 Å². The largest absolute Gasteiger partial charge is 0.380 e. The maximum absolute atomic E-state index is 3.44. The Balaban J connectivity index is 2.02. The minimum atomic E-state index is 0.924. The van der Waals surface area contributed by atoms with Gasteiger partial charge in [0.1, 0.15) is 0 Å². The van der Waals surface area contributed by atoms with Gasteiger partial charge >= 0.3 is 0 Å². The molecule has 0 saturated carbocycles. The van der Waals surface area contributed by atoms with Gasteiger partial charge < -0.3 is 5.32 Å². The van der Waals surface area contributed by atoms with Crippen LogP contribution in [0.5, 0.6) is 0 Å². The molecule has 1 nitrogen and oxygen atoms in total. The summed E-state index contributed by atoms with van der Waals surface area (Å²) in [6.07, 6.45) is 0. The van der Waals surface area contributed by atoms with Gasteiger partial charge in [0.25, 0.3) is 0 Å². The first-order valence-electron chi connectivity index (χ1n) is 5.09. The van der Waals surface area contributed by atoms with Gasteiger partial charge in [-0.3, -0.25) is 0 Å². The first-order chi connectivity index (χ1) is 7.25. The first kappa shape index (κ1) is 10.2. The van der Waals surface area contributed by atoms with Crippen molar-refractivity contribution in [1.82, 2.24) is 0 Å². The number of benzene rings is 1. The molecule has 1 N–H and O–H groups in total. The minimum absolute atomic E-state index is 0.924. The number of nitrogens with one attached hydrogen (secondary N) is 1. The third kappa shape index (κ3) is 2.60. The van der Waals surface area contributed by atoms with E-state index in [0.717, 1.165) is 6.54 Å². The minimum Gasteiger partial charge on any atom is -0.380 e. The van der Waals surface area contributed by atoms with Crippen molar-refractivity contribution in [1.29, 1.82) is 0 Å². The van der Waals surface area contributed by atoms with Crippen molar-refractivity contribution in [3.63, 3.8) is 0 Å². The third-order valence-corrected chi connectivity index (χ3v) is 3.46. The SMILES string of the molecule is Cc1cccc(NCc2sccc2C)c1. The molecule has 0 aliphatic rings. The normalized spacial score (nSPS) is 10.3. The van der Waals surface area contributed by atoms with Gasteiger partial charge in [-0.25, -0.2) is 0 Å². The van der Waals surface area contributed by atoms with Crippen molar-refractivity contribution >= 4 is 17.0 Å². The van der Waals surface area contributed by atoms with Crippen LogP contribution in [0.1, 0.15) is 16.0 Å². The molecule has 1 heterocycles. The van der Waals surface area contributed by atoms with Crippen LogP contribution in [0, 0.1) is 13.8 Å². The maximum atomic E-state index is 3.44. The molecule has 0 atom stereocenters. The highest BCUT2D eigenvalue weighted by Crippen LogP contribution is 2.18. The molecule has 0 amide bonds. The average molecular weight is 217 g/mol. The quantitative estimate of drug-likeness (QED) is 0.820. The Morgan fingerprint density at radius 3 is 2.73 bits per heavy atom. The van der Waals surface area contributed by atoms with E-state index in [0.29, 0.717) is 0 Å². The van der Waals surface area contributed by atoms with Crippen molar-refractivity contribution in [3.8, 4) is 0 Å². The molecule has 15 heavy (non-hydrogen) atoms. The zero-order chi connectivity index (χ0) is 10.7. The fraction of sp³-hybridized carbons (Fsp3) is 0.231. The summed E-state index contributed by atoms with van der Waals surface area (Å²) in [6, 6.07) is 10.6. The molecule has 2 aromatic rings. The van der Waals surface area contributed by atoms with Gasteiger partial charge in [0.15, 0.2) is 0 Å². The molecule has 0 fully saturated rings. The second kappa shape index (κ2) is 4.49. The van der Waals surface area contributed by atoms with Crippen molar-refractivity contribution in [2.24, 2.45) is 0 Å². The average Bonchev–Trinajstić information content (AvgIpc) is 2.61. The molecule has 0 spiro atoms. The topological polar surface area (TPSA) is 12.0 Å². The van der Waals surface area contributed by atoms with Crippen molar-refractivity contribution in [2.75, 3.05) is 5.32 Å². The second-order valence-corrected chi connectivity index (χ2v) is 4.75. The summed E-state index contributed by atoms with van der Waals surface area (Å²) < 4.78 is 0. The van der Waals surface area contributed by atoms with Crippen LogP contribution in [-0.4, -0.2) is 0 Å². The molecule has 0 aliphatic carbocycles. The summed E-state index contributed by atoms with van der Waals surface area (Å²) in [5.41, 5.74) is 3.87. The van der Waals surface area contributed by atoms with Crippen LogP contribution in [0.3, 0.4) is 0 Å². The van der Waals surface area contributed by atoms with Gasteiger partial charge in [-0.05, 0) is 48.6 Å². The molecule has 1 aromatic heterocycles. The van der Waals surface area contributed by atoms with E-state index >= 15 is 0 Å². The van der Waals surface area contributed by atoms with Gasteiger partial charge in [-0.15, -0.1) is 11.3 Å². The fourth-order valence-electron chi connectivity index (χ4n) is 1.52. The van der Waals surface area contributed by atoms with Gasteiger partial charge in [0.2, 0.25) is 0 Å². The van der Waals surface area contributed by atoms with E-state index in [4.69, 9.17) is 0 Å². The summed E-state index contributed by atoms with van der Waals surface area (Å²) >= 11 is 1.81. The fourth-order valence-corrected chi connectivity index (χ4v) is 2.37. The predicted molar refractivity (Wildman–Crippen MR) is 67.6 cm³/mol. The lowest BCUT2D eigenvalue weighted by Crippen LogP contribution is -1.98. The molecule has 0 radical (unpaired) electrons. The standard InChI is InChI=1S/C13H15NS/c1-10-4-3-5-12(8-10)14-9-13-11(2)6-7-15-13/h3-8,14H,9H2,1-2H3. The number of anilines is 1. The van der Waals surface area contributed by atoms with E-state index in [1.807, 2.05) is 11.3 Å². The summed E-state index contributed by atoms with van der Waals surface area (Å²) in [5, 5.41) is 5.58. The highest BCUT2D eigenvalue weighted by molar-refractivity contribution is 7.10. The number of rotatable bonds is 3. The Bertz CT molecular complexity index is 445. The van der Waals surface area contributed by atoms with Gasteiger partial charge in [0.05, 0.1) is 0 Å². The van der Waals surface area contributed by atoms with Crippen LogP contribution in [0.4, 0.5) is 5.69 Å². The van der Waals surface area contributed by atoms with E-state index in [2.05, 4.69) is 54.9 Å². The highest BCUT2D eigenvalue weighted by Gasteiger charge is 1.99. The molecule has 0 bridgehead atoms. The van der Waals surface area contributed by atoms with Gasteiger partial charge in [0, 0.05) is 17.1 Å². The van der Waals surface area contributed by atoms with Crippen LogP contribution < -0.4 is 5.32 Å². The molecule has 0 aliphatic heterocycles. The maximum Gasteiger partial charge on any atom is 0.0496 e. The summed E-state index contributed by atoms with van der Waals surface area (Å²) in [4.78, 5) is 1.41. The summed E-state index contributed by atoms with van der Waals surface area (Å²) in [6.45, 7) is 5.19. The predicted octanol–water partition coefficient (Wildman–Crippen LogP) is 3.98. The van der Waals surface area contributed by atoms with E-state index < -0.39 is 0 Å². The molecular weight excluding hydrogens is 202 g/mol. The molecule has 2 heteroatoms. The smallest absolute Gasteiger partial charge is 0.0496 e. The van der Waals surface area contributed by atoms with Crippen molar-refractivity contribution in [3.05, 3.63) is 51.7 Å². The van der Waals surface area contributed by atoms with Gasteiger partial charge in [-0.2, -0.15) is 0 Å². The zero-order valence-electron chi connectivity index (χ0n) is 9.08. The summed E-state index contributed by atoms with van der Waals surface area (Å²) in [7, 11) is 0. The lowest BCUT2D eigenvalue weighted by molar-refractivity contribution is 1.16. The van der Waals surface area contributed by atoms with Crippen LogP contribution in [0.25, 0.3) is 0 Å². The molecule has 2 rings (SSSR count). The zero-order valence-corrected chi connectivity index (χ0v) is 9.90. The Labute approximate surface area is 94.8 Å². The lowest BCUT2D eigenvalue weighted by Gasteiger charge is -2.06. The van der Waals surface area contributed by atoms with Crippen molar-refractivity contribution < 1.29 is 0 Å². The number of aryl methyl sites for hydroxylation is 2. The number of hydrogen-bond donors (Lipinski definition) is 1. The first-order valence-corrected chi connectivity index (χ1v) is 5.97. The number of hydrogen-bond acceptors (Lipinski definition) is 2. The number of thiophene rings is 1. The van der Waals surface area contributed by atoms with Crippen LogP contribution in [0.15, 0.2) is 35.7 Å². The highest BCUT2D eigenvalue weighted by atomic mass is 32.1. The van der Waals surface area contributed by atoms with Crippen LogP contribution in [0.2, 0.25) is 0 Å². The monoisotopic (exact) mass is 217 g/mol. The van der Waals surface area contributed by atoms with E-state index in [-0.39, 0.29) is 0 Å². The van der Waals surface area contributed by atoms with E-state index in [1.165, 1.54) is 21.7 Å². The lowest BCUT2D eigenvalue weighted by atomic mass is 10.2. The molecule has 1 aromatic carbocycles. The van der Waals surface area contributed by atoms with Crippen molar-refractivity contribution in [2.45, 2.75) is 20.4 Å². The second-order valence-electron chi connectivity index (χ2n) is 3.75. The Hall–Kier alpha value is -1.28. The molecular formula is C13H15NS. The van der Waals surface area contributed by atoms with Crippen LogP contribution >= 0.6 is 11.3 Å². The van der Waals surface area contributed by atoms with E-state index in [1.54, 1.807) is 0 Å². The molecule has 78 valence electrons. The Morgan fingerprint density at radius 2 is 2.07 bits per heavy atom. The van der Waals surface area contributed by atoms with Gasteiger partial charge in [-0.1, -0.05) is 12.1 Å². The van der Waals surface area contributed by atoms with Crippen LogP contribution in [-0.2, 0) is 6.54 Å².